The molecule has 0 unspecified atom stereocenters. The Kier molecular flexibility index (Phi) is 8.51. The van der Waals surface area contributed by atoms with Crippen LogP contribution in [0.3, 0.4) is 0 Å². The molecule has 0 spiro atoms. The fourth-order valence-corrected chi connectivity index (χ4v) is 0.865. The van der Waals surface area contributed by atoms with E-state index in [1.165, 1.54) is 6.92 Å². The lowest BCUT2D eigenvalue weighted by Gasteiger charge is -2.07. The van der Waals surface area contributed by atoms with Crippen molar-refractivity contribution < 1.29 is 23.9 Å². The van der Waals surface area contributed by atoms with E-state index >= 15 is 0 Å². The van der Waals surface area contributed by atoms with Crippen LogP contribution in [0.1, 0.15) is 6.92 Å². The predicted molar refractivity (Wildman–Crippen MR) is 68.3 cm³/mol. The van der Waals surface area contributed by atoms with Crippen molar-refractivity contribution in [1.29, 1.82) is 0 Å². The van der Waals surface area contributed by atoms with Gasteiger partial charge in [0.15, 0.2) is 0 Å². The third kappa shape index (κ3) is 9.40. The minimum absolute atomic E-state index is 0.0354. The Morgan fingerprint density at radius 3 is 2.26 bits per heavy atom. The molecule has 0 aromatic heterocycles. The van der Waals surface area contributed by atoms with Crippen LogP contribution in [0.4, 0.5) is 4.79 Å². The molecule has 0 saturated heterocycles. The highest BCUT2D eigenvalue weighted by molar-refractivity contribution is 5.87. The number of carbonyl (C=O) groups is 3. The highest BCUT2D eigenvalue weighted by atomic mass is 16.6. The molecule has 0 atom stereocenters. The topological polar surface area (TPSA) is 93.7 Å². The number of amides is 2. The van der Waals surface area contributed by atoms with Crippen molar-refractivity contribution in [3.63, 3.8) is 0 Å². The first kappa shape index (κ1) is 16.7. The van der Waals surface area contributed by atoms with E-state index in [1.807, 2.05) is 0 Å². The summed E-state index contributed by atoms with van der Waals surface area (Å²) < 4.78 is 9.43. The summed E-state index contributed by atoms with van der Waals surface area (Å²) in [5, 5.41) is 4.88. The lowest BCUT2D eigenvalue weighted by molar-refractivity contribution is -0.139. The molecular formula is C12H18N2O5. The fraction of sp³-hybridized carbons (Fsp3) is 0.417. The molecule has 2 N–H and O–H groups in total. The first-order valence-corrected chi connectivity index (χ1v) is 5.61. The Morgan fingerprint density at radius 1 is 1.11 bits per heavy atom. The summed E-state index contributed by atoms with van der Waals surface area (Å²) >= 11 is 0. The largest absolute Gasteiger partial charge is 0.459 e. The van der Waals surface area contributed by atoms with Crippen LogP contribution in [0.15, 0.2) is 24.8 Å². The van der Waals surface area contributed by atoms with Gasteiger partial charge >= 0.3 is 12.1 Å². The third-order valence-electron chi connectivity index (χ3n) is 1.78. The van der Waals surface area contributed by atoms with Crippen LogP contribution < -0.4 is 10.6 Å². The maximum absolute atomic E-state index is 11.1. The van der Waals surface area contributed by atoms with Crippen LogP contribution in [0, 0.1) is 0 Å². The zero-order valence-corrected chi connectivity index (χ0v) is 10.9. The van der Waals surface area contributed by atoms with Gasteiger partial charge in [-0.1, -0.05) is 13.2 Å². The summed E-state index contributed by atoms with van der Waals surface area (Å²) in [6.07, 6.45) is 0.480. The summed E-state index contributed by atoms with van der Waals surface area (Å²) in [6, 6.07) is 0. The van der Waals surface area contributed by atoms with E-state index in [2.05, 4.69) is 23.8 Å². The number of hydrogen-bond donors (Lipinski definition) is 2. The molecule has 7 heteroatoms. The number of alkyl carbamates (subject to hydrolysis) is 1. The molecule has 0 aliphatic rings. The summed E-state index contributed by atoms with van der Waals surface area (Å²) in [5.41, 5.74) is 0.280. The van der Waals surface area contributed by atoms with E-state index in [9.17, 15) is 14.4 Å². The number of esters is 1. The maximum Gasteiger partial charge on any atom is 0.407 e. The number of carbonyl (C=O) groups excluding carboxylic acids is 3. The SMILES string of the molecule is C=CC(=O)NCCNC(=O)OCCOC(=O)C(=C)C. The van der Waals surface area contributed by atoms with E-state index in [4.69, 9.17) is 9.47 Å². The van der Waals surface area contributed by atoms with Gasteiger partial charge in [-0.2, -0.15) is 0 Å². The molecule has 0 aromatic carbocycles. The van der Waals surface area contributed by atoms with Gasteiger partial charge in [-0.05, 0) is 13.0 Å². The van der Waals surface area contributed by atoms with E-state index in [0.717, 1.165) is 6.08 Å². The Bertz CT molecular complexity index is 365. The van der Waals surface area contributed by atoms with Gasteiger partial charge in [-0.15, -0.1) is 0 Å². The van der Waals surface area contributed by atoms with Crippen molar-refractivity contribution in [3.05, 3.63) is 24.8 Å². The highest BCUT2D eigenvalue weighted by Gasteiger charge is 2.04. The van der Waals surface area contributed by atoms with Gasteiger partial charge in [0, 0.05) is 18.7 Å². The van der Waals surface area contributed by atoms with Crippen molar-refractivity contribution in [3.8, 4) is 0 Å². The molecule has 106 valence electrons. The second kappa shape index (κ2) is 9.69. The molecule has 19 heavy (non-hydrogen) atoms. The smallest absolute Gasteiger partial charge is 0.407 e. The summed E-state index contributed by atoms with van der Waals surface area (Å²) in [4.78, 5) is 32.8. The molecule has 0 aliphatic carbocycles. The van der Waals surface area contributed by atoms with Crippen LogP contribution in [-0.4, -0.2) is 44.3 Å². The van der Waals surface area contributed by atoms with Crippen molar-refractivity contribution in [2.75, 3.05) is 26.3 Å². The molecule has 0 radical (unpaired) electrons. The van der Waals surface area contributed by atoms with Gasteiger partial charge in [-0.3, -0.25) is 4.79 Å². The van der Waals surface area contributed by atoms with Crippen LogP contribution >= 0.6 is 0 Å². The standard InChI is InChI=1S/C12H18N2O5/c1-4-10(15)13-5-6-14-12(17)19-8-7-18-11(16)9(2)3/h4H,1-2,5-8H2,3H3,(H,13,15)(H,14,17). The van der Waals surface area contributed by atoms with Crippen molar-refractivity contribution in [1.82, 2.24) is 10.6 Å². The number of nitrogens with one attached hydrogen (secondary N) is 2. The van der Waals surface area contributed by atoms with Crippen LogP contribution in [-0.2, 0) is 19.1 Å². The Balaban J connectivity index is 3.50. The van der Waals surface area contributed by atoms with Gasteiger partial charge in [0.2, 0.25) is 5.91 Å². The average molecular weight is 270 g/mol. The number of ether oxygens (including phenoxy) is 2. The molecular weight excluding hydrogens is 252 g/mol. The normalized spacial score (nSPS) is 9.11. The monoisotopic (exact) mass is 270 g/mol. The van der Waals surface area contributed by atoms with E-state index in [-0.39, 0.29) is 37.8 Å². The van der Waals surface area contributed by atoms with Crippen molar-refractivity contribution >= 4 is 18.0 Å². The molecule has 0 heterocycles. The second-order valence-corrected chi connectivity index (χ2v) is 3.47. The van der Waals surface area contributed by atoms with Crippen LogP contribution in [0.25, 0.3) is 0 Å². The lowest BCUT2D eigenvalue weighted by Crippen LogP contribution is -2.34. The van der Waals surface area contributed by atoms with Gasteiger partial charge in [0.1, 0.15) is 13.2 Å². The molecule has 0 rings (SSSR count). The van der Waals surface area contributed by atoms with Gasteiger partial charge in [-0.25, -0.2) is 9.59 Å². The van der Waals surface area contributed by atoms with Crippen LogP contribution in [0.2, 0.25) is 0 Å². The molecule has 0 bridgehead atoms. The first-order valence-electron chi connectivity index (χ1n) is 5.61. The summed E-state index contributed by atoms with van der Waals surface area (Å²) in [5.74, 6) is -0.849. The zero-order chi connectivity index (χ0) is 14.7. The molecule has 0 aliphatic heterocycles. The Hall–Kier alpha value is -2.31. The number of hydrogen-bond acceptors (Lipinski definition) is 5. The van der Waals surface area contributed by atoms with E-state index in [0.29, 0.717) is 0 Å². The average Bonchev–Trinajstić information content (AvgIpc) is 2.38. The predicted octanol–water partition coefficient (Wildman–Crippen LogP) is 0.134. The van der Waals surface area contributed by atoms with Crippen molar-refractivity contribution in [2.45, 2.75) is 6.92 Å². The Morgan fingerprint density at radius 2 is 1.68 bits per heavy atom. The third-order valence-corrected chi connectivity index (χ3v) is 1.78. The van der Waals surface area contributed by atoms with Gasteiger partial charge in [0.25, 0.3) is 0 Å². The molecule has 0 aromatic rings. The molecule has 0 fully saturated rings. The highest BCUT2D eigenvalue weighted by Crippen LogP contribution is 1.91. The second-order valence-electron chi connectivity index (χ2n) is 3.47. The molecule has 2 amide bonds. The van der Waals surface area contributed by atoms with Gasteiger partial charge in [0.05, 0.1) is 0 Å². The fourth-order valence-electron chi connectivity index (χ4n) is 0.865. The van der Waals surface area contributed by atoms with Crippen LogP contribution in [0.5, 0.6) is 0 Å². The van der Waals surface area contributed by atoms with E-state index in [1.54, 1.807) is 0 Å². The molecule has 7 nitrogen and oxygen atoms in total. The lowest BCUT2D eigenvalue weighted by atomic mass is 10.4. The Labute approximate surface area is 111 Å². The summed E-state index contributed by atoms with van der Waals surface area (Å²) in [7, 11) is 0. The van der Waals surface area contributed by atoms with Gasteiger partial charge < -0.3 is 20.1 Å². The quantitative estimate of drug-likeness (QED) is 0.371. The minimum Gasteiger partial charge on any atom is -0.459 e. The zero-order valence-electron chi connectivity index (χ0n) is 10.9. The minimum atomic E-state index is -0.653. The first-order chi connectivity index (χ1) is 8.97. The number of rotatable bonds is 8. The van der Waals surface area contributed by atoms with E-state index < -0.39 is 12.1 Å². The molecule has 0 saturated carbocycles. The van der Waals surface area contributed by atoms with Crippen molar-refractivity contribution in [2.24, 2.45) is 0 Å². The summed E-state index contributed by atoms with van der Waals surface area (Å²) in [6.45, 7) is 8.61. The maximum atomic E-state index is 11.1.